The van der Waals surface area contributed by atoms with Gasteiger partial charge in [0.25, 0.3) is 0 Å². The van der Waals surface area contributed by atoms with E-state index in [4.69, 9.17) is 0 Å². The lowest BCUT2D eigenvalue weighted by Gasteiger charge is -2.19. The molecule has 1 saturated carbocycles. The summed E-state index contributed by atoms with van der Waals surface area (Å²) < 4.78 is 13.5. The summed E-state index contributed by atoms with van der Waals surface area (Å²) >= 11 is 1.49. The second kappa shape index (κ2) is 9.71. The summed E-state index contributed by atoms with van der Waals surface area (Å²) in [6, 6.07) is 14.3. The van der Waals surface area contributed by atoms with Gasteiger partial charge in [0.1, 0.15) is 5.82 Å². The standard InChI is InChI=1S/C25H27FN2O2S/c1-16(23-14-31-15-27-23)25(30)28-22-9-6-17(7-10-22)11-18-5-8-20(12-18)24(29)19-3-2-4-21(26)13-19/h2-4,6-7,9-10,13-16,18,20,24,29H,5,8,11-12H2,1H3,(H,28,30)/t16?,18-,20-,24+/m0/s1. The zero-order chi connectivity index (χ0) is 21.8. The van der Waals surface area contributed by atoms with Gasteiger partial charge in [-0.3, -0.25) is 4.79 Å². The lowest BCUT2D eigenvalue weighted by Crippen LogP contribution is -2.19. The predicted molar refractivity (Wildman–Crippen MR) is 121 cm³/mol. The van der Waals surface area contributed by atoms with E-state index in [0.29, 0.717) is 11.5 Å². The number of hydrogen-bond donors (Lipinski definition) is 2. The van der Waals surface area contributed by atoms with Crippen LogP contribution in [0.5, 0.6) is 0 Å². The summed E-state index contributed by atoms with van der Waals surface area (Å²) in [6.45, 7) is 1.85. The van der Waals surface area contributed by atoms with Gasteiger partial charge in [0, 0.05) is 11.1 Å². The van der Waals surface area contributed by atoms with Gasteiger partial charge in [-0.05, 0) is 79.8 Å². The molecule has 2 aromatic carbocycles. The summed E-state index contributed by atoms with van der Waals surface area (Å²) in [6.07, 6.45) is 3.26. The largest absolute Gasteiger partial charge is 0.388 e. The molecule has 4 atom stereocenters. The third-order valence-corrected chi connectivity index (χ3v) is 6.86. The van der Waals surface area contributed by atoms with Crippen molar-refractivity contribution in [3.05, 3.63) is 82.1 Å². The van der Waals surface area contributed by atoms with E-state index in [-0.39, 0.29) is 23.6 Å². The Balaban J connectivity index is 1.30. The van der Waals surface area contributed by atoms with E-state index in [1.54, 1.807) is 17.6 Å². The average molecular weight is 439 g/mol. The maximum atomic E-state index is 13.5. The Hall–Kier alpha value is -2.57. The monoisotopic (exact) mass is 438 g/mol. The molecule has 0 aliphatic heterocycles. The Kier molecular flexibility index (Phi) is 6.78. The molecule has 4 rings (SSSR count). The molecule has 1 unspecified atom stereocenters. The van der Waals surface area contributed by atoms with Crippen molar-refractivity contribution in [3.63, 3.8) is 0 Å². The van der Waals surface area contributed by atoms with Crippen molar-refractivity contribution in [2.75, 3.05) is 5.32 Å². The number of amides is 1. The lowest BCUT2D eigenvalue weighted by atomic mass is 9.91. The highest BCUT2D eigenvalue weighted by Gasteiger charge is 2.30. The summed E-state index contributed by atoms with van der Waals surface area (Å²) in [5.41, 5.74) is 5.18. The van der Waals surface area contributed by atoms with Gasteiger partial charge in [-0.2, -0.15) is 0 Å². The number of carbonyl (C=O) groups is 1. The topological polar surface area (TPSA) is 62.2 Å². The van der Waals surface area contributed by atoms with E-state index in [1.807, 2.05) is 24.4 Å². The highest BCUT2D eigenvalue weighted by atomic mass is 32.1. The number of hydrogen-bond acceptors (Lipinski definition) is 4. The zero-order valence-electron chi connectivity index (χ0n) is 17.5. The van der Waals surface area contributed by atoms with Crippen molar-refractivity contribution < 1.29 is 14.3 Å². The molecule has 4 nitrogen and oxygen atoms in total. The molecule has 2 N–H and O–H groups in total. The highest BCUT2D eigenvalue weighted by Crippen LogP contribution is 2.40. The summed E-state index contributed by atoms with van der Waals surface area (Å²) in [7, 11) is 0. The van der Waals surface area contributed by atoms with Crippen molar-refractivity contribution >= 4 is 22.9 Å². The van der Waals surface area contributed by atoms with Crippen LogP contribution in [0.1, 0.15) is 55.0 Å². The zero-order valence-corrected chi connectivity index (χ0v) is 18.3. The molecule has 3 aromatic rings. The third kappa shape index (κ3) is 5.38. The van der Waals surface area contributed by atoms with Crippen LogP contribution in [0.15, 0.2) is 59.4 Å². The number of aliphatic hydroxyl groups is 1. The minimum atomic E-state index is -0.613. The Morgan fingerprint density at radius 1 is 1.26 bits per heavy atom. The second-order valence-corrected chi connectivity index (χ2v) is 9.18. The van der Waals surface area contributed by atoms with Gasteiger partial charge in [-0.25, -0.2) is 9.37 Å². The molecule has 1 aliphatic rings. The second-order valence-electron chi connectivity index (χ2n) is 8.46. The van der Waals surface area contributed by atoms with Crippen LogP contribution in [0.2, 0.25) is 0 Å². The van der Waals surface area contributed by atoms with Gasteiger partial charge in [0.15, 0.2) is 0 Å². The van der Waals surface area contributed by atoms with E-state index >= 15 is 0 Å². The number of halogens is 1. The van der Waals surface area contributed by atoms with Crippen LogP contribution in [0.25, 0.3) is 0 Å². The molecule has 0 saturated heterocycles. The van der Waals surface area contributed by atoms with Crippen LogP contribution in [0, 0.1) is 17.7 Å². The summed E-state index contributed by atoms with van der Waals surface area (Å²) in [4.78, 5) is 16.6. The van der Waals surface area contributed by atoms with Crippen LogP contribution in [0.4, 0.5) is 10.1 Å². The Labute approximate surface area is 186 Å². The molecule has 162 valence electrons. The minimum Gasteiger partial charge on any atom is -0.388 e. The molecule has 1 aromatic heterocycles. The molecule has 1 amide bonds. The van der Waals surface area contributed by atoms with Gasteiger partial charge in [0.2, 0.25) is 5.91 Å². The predicted octanol–water partition coefficient (Wildman–Crippen LogP) is 5.72. The SMILES string of the molecule is CC(C(=O)Nc1ccc(C[C@@H]2CC[C@H]([C@H](O)c3cccc(F)c3)C2)cc1)c1cscn1. The molecule has 31 heavy (non-hydrogen) atoms. The molecular formula is C25H27FN2O2S. The number of aromatic nitrogens is 1. The first-order valence-corrected chi connectivity index (χ1v) is 11.7. The van der Waals surface area contributed by atoms with Gasteiger partial charge in [-0.1, -0.05) is 24.3 Å². The lowest BCUT2D eigenvalue weighted by molar-refractivity contribution is -0.117. The average Bonchev–Trinajstić information content (AvgIpc) is 3.46. The number of rotatable bonds is 7. The maximum Gasteiger partial charge on any atom is 0.233 e. The van der Waals surface area contributed by atoms with Crippen LogP contribution >= 0.6 is 11.3 Å². The van der Waals surface area contributed by atoms with Gasteiger partial charge >= 0.3 is 0 Å². The first-order chi connectivity index (χ1) is 15.0. The number of aliphatic hydroxyl groups excluding tert-OH is 1. The number of anilines is 1. The first-order valence-electron chi connectivity index (χ1n) is 10.7. The van der Waals surface area contributed by atoms with Crippen LogP contribution < -0.4 is 5.32 Å². The molecule has 1 heterocycles. The van der Waals surface area contributed by atoms with Gasteiger partial charge in [0.05, 0.1) is 23.2 Å². The molecule has 6 heteroatoms. The summed E-state index contributed by atoms with van der Waals surface area (Å²) in [5.74, 6) is 0.00430. The van der Waals surface area contributed by atoms with E-state index in [1.165, 1.54) is 29.0 Å². The smallest absolute Gasteiger partial charge is 0.233 e. The maximum absolute atomic E-state index is 13.5. The Bertz CT molecular complexity index is 1010. The van der Waals surface area contributed by atoms with Crippen molar-refractivity contribution in [2.45, 2.75) is 44.6 Å². The van der Waals surface area contributed by atoms with Crippen LogP contribution in [-0.4, -0.2) is 16.0 Å². The molecule has 0 radical (unpaired) electrons. The molecular weight excluding hydrogens is 411 g/mol. The number of nitrogens with one attached hydrogen (secondary N) is 1. The molecule has 1 aliphatic carbocycles. The van der Waals surface area contributed by atoms with Crippen molar-refractivity contribution in [3.8, 4) is 0 Å². The fraction of sp³-hybridized carbons (Fsp3) is 0.360. The first kappa shape index (κ1) is 21.7. The molecule has 0 spiro atoms. The van der Waals surface area contributed by atoms with E-state index in [0.717, 1.165) is 37.1 Å². The fourth-order valence-electron chi connectivity index (χ4n) is 4.43. The van der Waals surface area contributed by atoms with Crippen molar-refractivity contribution in [1.82, 2.24) is 4.98 Å². The highest BCUT2D eigenvalue weighted by molar-refractivity contribution is 7.07. The fourth-order valence-corrected chi connectivity index (χ4v) is 5.07. The van der Waals surface area contributed by atoms with Crippen molar-refractivity contribution in [2.24, 2.45) is 11.8 Å². The van der Waals surface area contributed by atoms with Crippen molar-refractivity contribution in [1.29, 1.82) is 0 Å². The van der Waals surface area contributed by atoms with E-state index in [2.05, 4.69) is 22.4 Å². The normalized spacial score (nSPS) is 20.4. The van der Waals surface area contributed by atoms with Gasteiger partial charge in [-0.15, -0.1) is 11.3 Å². The number of thiazole rings is 1. The molecule has 1 fully saturated rings. The van der Waals surface area contributed by atoms with Crippen LogP contribution in [0.3, 0.4) is 0 Å². The third-order valence-electron chi connectivity index (χ3n) is 6.25. The Morgan fingerprint density at radius 2 is 2.06 bits per heavy atom. The van der Waals surface area contributed by atoms with Gasteiger partial charge < -0.3 is 10.4 Å². The minimum absolute atomic E-state index is 0.0661. The van der Waals surface area contributed by atoms with Crippen LogP contribution in [-0.2, 0) is 11.2 Å². The van der Waals surface area contributed by atoms with E-state index in [9.17, 15) is 14.3 Å². The number of nitrogens with zero attached hydrogens (tertiary/aromatic N) is 1. The molecule has 0 bridgehead atoms. The summed E-state index contributed by atoms with van der Waals surface area (Å²) in [5, 5.41) is 15.5. The Morgan fingerprint density at radius 3 is 2.77 bits per heavy atom. The number of benzene rings is 2. The quantitative estimate of drug-likeness (QED) is 0.496. The van der Waals surface area contributed by atoms with E-state index < -0.39 is 6.10 Å². The number of carbonyl (C=O) groups excluding carboxylic acids is 1.